The Morgan fingerprint density at radius 3 is 2.70 bits per heavy atom. The predicted octanol–water partition coefficient (Wildman–Crippen LogP) is 1.42. The number of nitrogens with one attached hydrogen (secondary N) is 1. The Bertz CT molecular complexity index is 904. The Morgan fingerprint density at radius 1 is 1.22 bits per heavy atom. The van der Waals surface area contributed by atoms with Gasteiger partial charge in [-0.15, -0.1) is 0 Å². The molecular formula is C19H20N6O2. The Kier molecular flexibility index (Phi) is 4.69. The van der Waals surface area contributed by atoms with Gasteiger partial charge in [-0.3, -0.25) is 4.79 Å². The summed E-state index contributed by atoms with van der Waals surface area (Å²) in [5.41, 5.74) is 1.04. The normalized spacial score (nSPS) is 13.9. The molecule has 0 bridgehead atoms. The van der Waals surface area contributed by atoms with E-state index in [4.69, 9.17) is 4.74 Å². The summed E-state index contributed by atoms with van der Waals surface area (Å²) < 4.78 is 6.82. The van der Waals surface area contributed by atoms with Gasteiger partial charge in [0.25, 0.3) is 0 Å². The molecular weight excluding hydrogens is 344 g/mol. The first-order valence-electron chi connectivity index (χ1n) is 8.70. The van der Waals surface area contributed by atoms with E-state index in [9.17, 15) is 4.79 Å². The number of rotatable bonds is 6. The smallest absolute Gasteiger partial charge is 0.226 e. The Labute approximate surface area is 156 Å². The summed E-state index contributed by atoms with van der Waals surface area (Å²) >= 11 is 0. The Balaban J connectivity index is 1.30. The molecule has 0 unspecified atom stereocenters. The highest BCUT2D eigenvalue weighted by Crippen LogP contribution is 2.23. The molecule has 27 heavy (non-hydrogen) atoms. The van der Waals surface area contributed by atoms with Gasteiger partial charge in [-0.25, -0.2) is 14.6 Å². The first-order chi connectivity index (χ1) is 13.2. The summed E-state index contributed by atoms with van der Waals surface area (Å²) in [6, 6.07) is 11.4. The van der Waals surface area contributed by atoms with Gasteiger partial charge in [-0.05, 0) is 23.8 Å². The van der Waals surface area contributed by atoms with Crippen molar-refractivity contribution in [3.8, 4) is 11.6 Å². The molecule has 138 valence electrons. The maximum absolute atomic E-state index is 12.3. The lowest BCUT2D eigenvalue weighted by atomic mass is 9.99. The number of ether oxygens (including phenoxy) is 1. The maximum Gasteiger partial charge on any atom is 0.226 e. The minimum absolute atomic E-state index is 0.0358. The topological polar surface area (TPSA) is 85.2 Å². The summed E-state index contributed by atoms with van der Waals surface area (Å²) in [7, 11) is 1.63. The molecule has 0 atom stereocenters. The van der Waals surface area contributed by atoms with Crippen LogP contribution >= 0.6 is 0 Å². The molecule has 1 aliphatic heterocycles. The van der Waals surface area contributed by atoms with Gasteiger partial charge in [0.05, 0.1) is 13.0 Å². The second-order valence-corrected chi connectivity index (χ2v) is 6.35. The monoisotopic (exact) mass is 364 g/mol. The van der Waals surface area contributed by atoms with Gasteiger partial charge in [0.1, 0.15) is 17.9 Å². The van der Waals surface area contributed by atoms with E-state index in [-0.39, 0.29) is 11.8 Å². The van der Waals surface area contributed by atoms with Crippen LogP contribution in [0.1, 0.15) is 5.56 Å². The summed E-state index contributed by atoms with van der Waals surface area (Å²) in [5, 5.41) is 7.16. The number of hydrogen-bond acceptors (Lipinski definition) is 6. The van der Waals surface area contributed by atoms with E-state index in [1.54, 1.807) is 18.0 Å². The molecule has 3 aromatic rings. The molecule has 0 radical (unpaired) electrons. The molecule has 1 aromatic carbocycles. The average Bonchev–Trinajstić information content (AvgIpc) is 3.21. The lowest BCUT2D eigenvalue weighted by Crippen LogP contribution is -2.54. The molecule has 0 saturated carbocycles. The summed E-state index contributed by atoms with van der Waals surface area (Å²) in [4.78, 5) is 22.9. The molecule has 2 aromatic heterocycles. The third kappa shape index (κ3) is 3.74. The number of methoxy groups -OCH3 is 1. The summed E-state index contributed by atoms with van der Waals surface area (Å²) in [6.07, 6.45) is 5.05. The van der Waals surface area contributed by atoms with Crippen molar-refractivity contribution in [1.82, 2.24) is 25.1 Å². The van der Waals surface area contributed by atoms with Crippen molar-refractivity contribution in [1.29, 1.82) is 0 Å². The molecule has 0 aliphatic carbocycles. The van der Waals surface area contributed by atoms with E-state index < -0.39 is 0 Å². The molecule has 4 rings (SSSR count). The number of carbonyl (C=O) groups is 1. The minimum atomic E-state index is -0.0358. The highest BCUT2D eigenvalue weighted by Gasteiger charge is 2.33. The van der Waals surface area contributed by atoms with Crippen LogP contribution in [0.4, 0.5) is 5.82 Å². The summed E-state index contributed by atoms with van der Waals surface area (Å²) in [6.45, 7) is 1.80. The van der Waals surface area contributed by atoms with Crippen LogP contribution in [0.15, 0.2) is 55.1 Å². The van der Waals surface area contributed by atoms with Crippen molar-refractivity contribution in [2.45, 2.75) is 6.54 Å². The third-order valence-corrected chi connectivity index (χ3v) is 4.58. The van der Waals surface area contributed by atoms with Crippen molar-refractivity contribution >= 4 is 11.7 Å². The van der Waals surface area contributed by atoms with Gasteiger partial charge in [0, 0.05) is 38.1 Å². The zero-order chi connectivity index (χ0) is 18.6. The van der Waals surface area contributed by atoms with Crippen molar-refractivity contribution in [3.63, 3.8) is 0 Å². The van der Waals surface area contributed by atoms with E-state index in [1.807, 2.05) is 42.6 Å². The van der Waals surface area contributed by atoms with E-state index in [1.165, 1.54) is 6.33 Å². The van der Waals surface area contributed by atoms with E-state index in [0.29, 0.717) is 25.5 Å². The zero-order valence-electron chi connectivity index (χ0n) is 14.9. The average molecular weight is 364 g/mol. The fourth-order valence-electron chi connectivity index (χ4n) is 2.95. The number of amides is 1. The van der Waals surface area contributed by atoms with Gasteiger partial charge in [-0.1, -0.05) is 12.1 Å². The summed E-state index contributed by atoms with van der Waals surface area (Å²) in [5.74, 6) is 2.33. The standard InChI is InChI=1S/C19H20N6O2/c1-27-16-5-3-14(4-6-16)10-20-19(26)15-11-24(12-15)17-9-18(22-13-21-17)25-8-2-7-23-25/h2-9,13,15H,10-12H2,1H3,(H,20,26). The van der Waals surface area contributed by atoms with Gasteiger partial charge < -0.3 is 15.0 Å². The second kappa shape index (κ2) is 7.45. The highest BCUT2D eigenvalue weighted by molar-refractivity contribution is 5.81. The molecule has 1 amide bonds. The van der Waals surface area contributed by atoms with Crippen LogP contribution in [-0.2, 0) is 11.3 Å². The van der Waals surface area contributed by atoms with E-state index in [0.717, 1.165) is 17.1 Å². The highest BCUT2D eigenvalue weighted by atomic mass is 16.5. The minimum Gasteiger partial charge on any atom is -0.497 e. The molecule has 1 saturated heterocycles. The molecule has 0 spiro atoms. The third-order valence-electron chi connectivity index (χ3n) is 4.58. The van der Waals surface area contributed by atoms with Crippen LogP contribution in [0.25, 0.3) is 5.82 Å². The number of anilines is 1. The van der Waals surface area contributed by atoms with Crippen LogP contribution in [-0.4, -0.2) is 45.9 Å². The van der Waals surface area contributed by atoms with Gasteiger partial charge in [0.15, 0.2) is 5.82 Å². The largest absolute Gasteiger partial charge is 0.497 e. The number of nitrogens with zero attached hydrogens (tertiary/aromatic N) is 5. The quantitative estimate of drug-likeness (QED) is 0.712. The lowest BCUT2D eigenvalue weighted by Gasteiger charge is -2.39. The predicted molar refractivity (Wildman–Crippen MR) is 99.7 cm³/mol. The van der Waals surface area contributed by atoms with Gasteiger partial charge in [-0.2, -0.15) is 5.10 Å². The molecule has 1 N–H and O–H groups in total. The van der Waals surface area contributed by atoms with Gasteiger partial charge in [0.2, 0.25) is 5.91 Å². The van der Waals surface area contributed by atoms with E-state index in [2.05, 4.69) is 25.3 Å². The maximum atomic E-state index is 12.3. The number of carbonyl (C=O) groups excluding carboxylic acids is 1. The van der Waals surface area contributed by atoms with Crippen LogP contribution in [0.5, 0.6) is 5.75 Å². The SMILES string of the molecule is COc1ccc(CNC(=O)C2CN(c3cc(-n4cccn4)ncn3)C2)cc1. The van der Waals surface area contributed by atoms with Crippen LogP contribution in [0.3, 0.4) is 0 Å². The fraction of sp³-hybridized carbons (Fsp3) is 0.263. The van der Waals surface area contributed by atoms with Crippen LogP contribution in [0.2, 0.25) is 0 Å². The first-order valence-corrected chi connectivity index (χ1v) is 8.70. The zero-order valence-corrected chi connectivity index (χ0v) is 14.9. The number of benzene rings is 1. The fourth-order valence-corrected chi connectivity index (χ4v) is 2.95. The van der Waals surface area contributed by atoms with Crippen LogP contribution in [0, 0.1) is 5.92 Å². The Hall–Kier alpha value is -3.42. The van der Waals surface area contributed by atoms with Crippen molar-refractivity contribution in [3.05, 3.63) is 60.7 Å². The van der Waals surface area contributed by atoms with E-state index >= 15 is 0 Å². The van der Waals surface area contributed by atoms with Crippen molar-refractivity contribution in [2.75, 3.05) is 25.1 Å². The van der Waals surface area contributed by atoms with Crippen LogP contribution < -0.4 is 15.0 Å². The molecule has 8 nitrogen and oxygen atoms in total. The van der Waals surface area contributed by atoms with Crippen molar-refractivity contribution < 1.29 is 9.53 Å². The number of hydrogen-bond donors (Lipinski definition) is 1. The molecule has 3 heterocycles. The molecule has 8 heteroatoms. The molecule has 1 aliphatic rings. The lowest BCUT2D eigenvalue weighted by molar-refractivity contribution is -0.125. The number of aromatic nitrogens is 4. The first kappa shape index (κ1) is 17.0. The van der Waals surface area contributed by atoms with Gasteiger partial charge >= 0.3 is 0 Å². The van der Waals surface area contributed by atoms with Crippen molar-refractivity contribution in [2.24, 2.45) is 5.92 Å². The second-order valence-electron chi connectivity index (χ2n) is 6.35. The Morgan fingerprint density at radius 2 is 2.00 bits per heavy atom. The molecule has 1 fully saturated rings.